The van der Waals surface area contributed by atoms with Crippen LogP contribution < -0.4 is 5.43 Å². The molecule has 1 atom stereocenters. The molecule has 0 saturated carbocycles. The number of hydrogen-bond acceptors (Lipinski definition) is 3. The number of aromatic amines is 1. The van der Waals surface area contributed by atoms with Gasteiger partial charge in [0, 0.05) is 29.1 Å². The van der Waals surface area contributed by atoms with Crippen molar-refractivity contribution in [2.75, 3.05) is 13.1 Å². The second-order valence-electron chi connectivity index (χ2n) is 8.13. The highest BCUT2D eigenvalue weighted by atomic mass is 19.1. The van der Waals surface area contributed by atoms with Crippen molar-refractivity contribution >= 4 is 10.9 Å². The van der Waals surface area contributed by atoms with Crippen molar-refractivity contribution in [1.82, 2.24) is 9.88 Å². The highest BCUT2D eigenvalue weighted by molar-refractivity contribution is 5.78. The minimum absolute atomic E-state index is 0.156. The lowest BCUT2D eigenvalue weighted by Gasteiger charge is -2.42. The second-order valence-corrected chi connectivity index (χ2v) is 8.13. The maximum absolute atomic E-state index is 14.1. The van der Waals surface area contributed by atoms with E-state index in [4.69, 9.17) is 0 Å². The normalized spacial score (nSPS) is 21.3. The zero-order valence-electron chi connectivity index (χ0n) is 15.6. The number of halogens is 1. The van der Waals surface area contributed by atoms with Crippen LogP contribution >= 0.6 is 0 Å². The quantitative estimate of drug-likeness (QED) is 0.720. The van der Waals surface area contributed by atoms with Crippen LogP contribution in [0.2, 0.25) is 0 Å². The van der Waals surface area contributed by atoms with Crippen LogP contribution in [0, 0.1) is 5.82 Å². The van der Waals surface area contributed by atoms with Crippen LogP contribution in [0.25, 0.3) is 10.9 Å². The van der Waals surface area contributed by atoms with E-state index >= 15 is 0 Å². The number of nitrogens with zero attached hydrogens (tertiary/aromatic N) is 1. The number of rotatable bonds is 2. The Labute approximate surface area is 162 Å². The number of nitrogens with one attached hydrogen (secondary N) is 1. The van der Waals surface area contributed by atoms with Gasteiger partial charge in [-0.2, -0.15) is 0 Å². The molecule has 3 aromatic rings. The van der Waals surface area contributed by atoms with Crippen LogP contribution in [0.5, 0.6) is 0 Å². The van der Waals surface area contributed by atoms with Gasteiger partial charge in [0.15, 0.2) is 5.43 Å². The number of fused-ring (bicyclic) bond motifs is 3. The summed E-state index contributed by atoms with van der Waals surface area (Å²) in [7, 11) is 0. The van der Waals surface area contributed by atoms with Gasteiger partial charge in [-0.15, -0.1) is 0 Å². The second kappa shape index (κ2) is 6.54. The van der Waals surface area contributed by atoms with Crippen LogP contribution in [0.4, 0.5) is 4.39 Å². The molecule has 0 radical (unpaired) electrons. The molecule has 1 aliphatic heterocycles. The van der Waals surface area contributed by atoms with Crippen LogP contribution in [-0.4, -0.2) is 34.2 Å². The largest absolute Gasteiger partial charge is 0.392 e. The van der Waals surface area contributed by atoms with E-state index in [0.29, 0.717) is 11.9 Å². The lowest BCUT2D eigenvalue weighted by molar-refractivity contribution is 0.0411. The molecule has 0 unspecified atom stereocenters. The maximum Gasteiger partial charge on any atom is 0.189 e. The van der Waals surface area contributed by atoms with Crippen molar-refractivity contribution in [3.63, 3.8) is 0 Å². The third-order valence-electron chi connectivity index (χ3n) is 6.62. The predicted molar refractivity (Wildman–Crippen MR) is 107 cm³/mol. The first-order valence-electron chi connectivity index (χ1n) is 9.86. The molecule has 4 nitrogen and oxygen atoms in total. The first kappa shape index (κ1) is 17.6. The molecule has 2 N–H and O–H groups in total. The summed E-state index contributed by atoms with van der Waals surface area (Å²) in [6.07, 6.45) is 2.17. The van der Waals surface area contributed by atoms with Crippen molar-refractivity contribution in [2.45, 2.75) is 37.3 Å². The molecule has 2 aromatic carbocycles. The molecule has 28 heavy (non-hydrogen) atoms. The van der Waals surface area contributed by atoms with Crippen molar-refractivity contribution in [3.8, 4) is 0 Å². The summed E-state index contributed by atoms with van der Waals surface area (Å²) in [4.78, 5) is 17.7. The topological polar surface area (TPSA) is 56.3 Å². The summed E-state index contributed by atoms with van der Waals surface area (Å²) in [5.74, 6) is -0.403. The van der Waals surface area contributed by atoms with E-state index in [1.54, 1.807) is 18.2 Å². The van der Waals surface area contributed by atoms with Gasteiger partial charge in [0.25, 0.3) is 0 Å². The standard InChI is InChI=1S/C23H23FN2O2/c24-19-7-3-5-17-20(27)13-16(25-22(17)19)14-26-10-8-23(9-11-26)18-6-2-1-4-15(18)12-21(23)28/h1-7,13,21,28H,8-12,14H2,(H,25,27)/t21-/m1/s1. The van der Waals surface area contributed by atoms with Crippen LogP contribution in [0.3, 0.4) is 0 Å². The Morgan fingerprint density at radius 2 is 1.93 bits per heavy atom. The van der Waals surface area contributed by atoms with Gasteiger partial charge >= 0.3 is 0 Å². The number of para-hydroxylation sites is 1. The fourth-order valence-corrected chi connectivity index (χ4v) is 5.10. The number of piperidine rings is 1. The molecule has 2 aliphatic rings. The molecule has 0 amide bonds. The smallest absolute Gasteiger partial charge is 0.189 e. The van der Waals surface area contributed by atoms with Crippen molar-refractivity contribution < 1.29 is 9.50 Å². The first-order chi connectivity index (χ1) is 13.6. The SMILES string of the molecule is O=c1cc(CN2CCC3(CC2)c2ccccc2C[C@H]3O)[nH]c2c(F)cccc12. The summed E-state index contributed by atoms with van der Waals surface area (Å²) in [5.41, 5.74) is 3.25. The van der Waals surface area contributed by atoms with Gasteiger partial charge in [-0.3, -0.25) is 9.69 Å². The molecule has 5 heteroatoms. The van der Waals surface area contributed by atoms with Crippen LogP contribution in [0.15, 0.2) is 53.3 Å². The zero-order chi connectivity index (χ0) is 19.3. The number of pyridine rings is 1. The molecular formula is C23H23FN2O2. The number of likely N-dealkylation sites (tertiary alicyclic amines) is 1. The van der Waals surface area contributed by atoms with Gasteiger partial charge in [-0.05, 0) is 55.6 Å². The number of aliphatic hydroxyl groups is 1. The van der Waals surface area contributed by atoms with Crippen molar-refractivity contribution in [1.29, 1.82) is 0 Å². The molecule has 1 saturated heterocycles. The number of aromatic nitrogens is 1. The summed E-state index contributed by atoms with van der Waals surface area (Å²) in [6, 6.07) is 14.5. The van der Waals surface area contributed by atoms with Crippen LogP contribution in [0.1, 0.15) is 29.7 Å². The van der Waals surface area contributed by atoms with Crippen LogP contribution in [-0.2, 0) is 18.4 Å². The Balaban J connectivity index is 1.37. The van der Waals surface area contributed by atoms with E-state index in [1.807, 2.05) is 6.07 Å². The van der Waals surface area contributed by atoms with Gasteiger partial charge < -0.3 is 10.1 Å². The van der Waals surface area contributed by atoms with Gasteiger partial charge in [0.2, 0.25) is 0 Å². The third kappa shape index (κ3) is 2.69. The van der Waals surface area contributed by atoms with Gasteiger partial charge in [0.05, 0.1) is 11.6 Å². The van der Waals surface area contributed by atoms with Gasteiger partial charge in [-0.1, -0.05) is 30.3 Å². The summed E-state index contributed by atoms with van der Waals surface area (Å²) in [5, 5.41) is 11.2. The number of benzene rings is 2. The first-order valence-corrected chi connectivity index (χ1v) is 9.86. The molecule has 1 aliphatic carbocycles. The molecule has 2 heterocycles. The Morgan fingerprint density at radius 3 is 2.75 bits per heavy atom. The van der Waals surface area contributed by atoms with E-state index in [0.717, 1.165) is 38.0 Å². The third-order valence-corrected chi connectivity index (χ3v) is 6.62. The molecule has 144 valence electrons. The molecule has 1 fully saturated rings. The average Bonchev–Trinajstić information content (AvgIpc) is 2.96. The fourth-order valence-electron chi connectivity index (χ4n) is 5.10. The summed E-state index contributed by atoms with van der Waals surface area (Å²) >= 11 is 0. The Hall–Kier alpha value is -2.50. The fraction of sp³-hybridized carbons (Fsp3) is 0.348. The lowest BCUT2D eigenvalue weighted by Crippen LogP contribution is -2.47. The molecular weight excluding hydrogens is 355 g/mol. The number of aliphatic hydroxyl groups excluding tert-OH is 1. The Morgan fingerprint density at radius 1 is 1.14 bits per heavy atom. The van der Waals surface area contributed by atoms with E-state index < -0.39 is 5.82 Å². The highest BCUT2D eigenvalue weighted by Gasteiger charge is 2.47. The van der Waals surface area contributed by atoms with Gasteiger partial charge in [-0.25, -0.2) is 4.39 Å². The minimum Gasteiger partial charge on any atom is -0.392 e. The predicted octanol–water partition coefficient (Wildman–Crippen LogP) is 3.12. The van der Waals surface area contributed by atoms with Gasteiger partial charge in [0.1, 0.15) is 5.82 Å². The Bertz CT molecular complexity index is 1100. The maximum atomic E-state index is 14.1. The monoisotopic (exact) mass is 378 g/mol. The average molecular weight is 378 g/mol. The molecule has 0 bridgehead atoms. The van der Waals surface area contributed by atoms with E-state index in [9.17, 15) is 14.3 Å². The Kier molecular flexibility index (Phi) is 4.11. The van der Waals surface area contributed by atoms with E-state index in [2.05, 4.69) is 28.1 Å². The van der Waals surface area contributed by atoms with E-state index in [1.165, 1.54) is 17.2 Å². The molecule has 1 spiro atoms. The van der Waals surface area contributed by atoms with Crippen molar-refractivity contribution in [2.24, 2.45) is 0 Å². The van der Waals surface area contributed by atoms with E-state index in [-0.39, 0.29) is 22.5 Å². The number of H-pyrrole nitrogens is 1. The number of hydrogen-bond donors (Lipinski definition) is 2. The molecule has 5 rings (SSSR count). The summed E-state index contributed by atoms with van der Waals surface area (Å²) in [6.45, 7) is 2.25. The molecule has 1 aromatic heterocycles. The van der Waals surface area contributed by atoms with Crippen molar-refractivity contribution in [3.05, 3.63) is 81.4 Å². The highest BCUT2D eigenvalue weighted by Crippen LogP contribution is 2.46. The minimum atomic E-state index is -0.403. The summed E-state index contributed by atoms with van der Waals surface area (Å²) < 4.78 is 14.1. The zero-order valence-corrected chi connectivity index (χ0v) is 15.6. The lowest BCUT2D eigenvalue weighted by atomic mass is 9.72.